The predicted octanol–water partition coefficient (Wildman–Crippen LogP) is 4.89. The lowest BCUT2D eigenvalue weighted by molar-refractivity contribution is 0.177. The Morgan fingerprint density at radius 2 is 1.79 bits per heavy atom. The molecule has 0 fully saturated rings. The van der Waals surface area contributed by atoms with E-state index < -0.39 is 6.10 Å². The third kappa shape index (κ3) is 3.50. The fourth-order valence-electron chi connectivity index (χ4n) is 2.12. The zero-order chi connectivity index (χ0) is 14.0. The van der Waals surface area contributed by atoms with Crippen LogP contribution in [0.1, 0.15) is 28.4 Å². The van der Waals surface area contributed by atoms with Gasteiger partial charge in [0.15, 0.2) is 0 Å². The molecule has 0 spiro atoms. The van der Waals surface area contributed by atoms with Crippen LogP contribution in [0.4, 0.5) is 0 Å². The molecule has 100 valence electrons. The zero-order valence-corrected chi connectivity index (χ0v) is 12.5. The predicted molar refractivity (Wildman–Crippen MR) is 81.0 cm³/mol. The molecule has 0 aliphatic heterocycles. The summed E-state index contributed by atoms with van der Waals surface area (Å²) in [5.74, 6) is 0. The Morgan fingerprint density at radius 3 is 2.47 bits per heavy atom. The molecule has 0 saturated carbocycles. The maximum Gasteiger partial charge on any atom is 0.0833 e. The second-order valence-corrected chi connectivity index (χ2v) is 5.66. The van der Waals surface area contributed by atoms with Crippen molar-refractivity contribution in [2.75, 3.05) is 0 Å². The number of benzene rings is 2. The van der Waals surface area contributed by atoms with Crippen LogP contribution in [-0.4, -0.2) is 5.11 Å². The van der Waals surface area contributed by atoms with E-state index in [4.69, 9.17) is 23.2 Å². The van der Waals surface area contributed by atoms with Gasteiger partial charge in [0.25, 0.3) is 0 Å². The van der Waals surface area contributed by atoms with Crippen LogP contribution in [0.15, 0.2) is 36.4 Å². The topological polar surface area (TPSA) is 20.2 Å². The minimum absolute atomic E-state index is 0.486. The molecule has 1 atom stereocenters. The number of aryl methyl sites for hydroxylation is 2. The number of hydrogen-bond donors (Lipinski definition) is 1. The van der Waals surface area contributed by atoms with Gasteiger partial charge in [-0.25, -0.2) is 0 Å². The van der Waals surface area contributed by atoms with Crippen LogP contribution in [0.2, 0.25) is 10.0 Å². The van der Waals surface area contributed by atoms with Crippen molar-refractivity contribution in [3.8, 4) is 0 Å². The summed E-state index contributed by atoms with van der Waals surface area (Å²) in [7, 11) is 0. The van der Waals surface area contributed by atoms with Gasteiger partial charge in [-0.3, -0.25) is 0 Å². The van der Waals surface area contributed by atoms with Crippen LogP contribution in [0, 0.1) is 13.8 Å². The molecule has 0 saturated heterocycles. The van der Waals surface area contributed by atoms with Gasteiger partial charge in [0.2, 0.25) is 0 Å². The van der Waals surface area contributed by atoms with E-state index in [9.17, 15) is 5.11 Å². The Morgan fingerprint density at radius 1 is 1.05 bits per heavy atom. The highest BCUT2D eigenvalue weighted by atomic mass is 35.5. The van der Waals surface area contributed by atoms with Crippen molar-refractivity contribution in [2.24, 2.45) is 0 Å². The monoisotopic (exact) mass is 294 g/mol. The van der Waals surface area contributed by atoms with E-state index in [-0.39, 0.29) is 0 Å². The third-order valence-electron chi connectivity index (χ3n) is 3.22. The van der Waals surface area contributed by atoms with E-state index in [0.717, 1.165) is 22.3 Å². The maximum atomic E-state index is 10.4. The first-order chi connectivity index (χ1) is 8.97. The van der Waals surface area contributed by atoms with Crippen molar-refractivity contribution in [2.45, 2.75) is 26.4 Å². The van der Waals surface area contributed by atoms with Crippen LogP contribution < -0.4 is 0 Å². The van der Waals surface area contributed by atoms with Crippen molar-refractivity contribution >= 4 is 23.2 Å². The summed E-state index contributed by atoms with van der Waals surface area (Å²) >= 11 is 12.0. The SMILES string of the molecule is Cc1ccc(C)c(C(O)Cc2ccc(Cl)cc2Cl)c1. The Labute approximate surface area is 123 Å². The second-order valence-electron chi connectivity index (χ2n) is 4.82. The summed E-state index contributed by atoms with van der Waals surface area (Å²) in [5.41, 5.74) is 4.08. The van der Waals surface area contributed by atoms with Crippen molar-refractivity contribution in [3.63, 3.8) is 0 Å². The van der Waals surface area contributed by atoms with Crippen molar-refractivity contribution < 1.29 is 5.11 Å². The number of halogens is 2. The van der Waals surface area contributed by atoms with Gasteiger partial charge in [-0.2, -0.15) is 0 Å². The average Bonchev–Trinajstić information content (AvgIpc) is 2.35. The fourth-order valence-corrected chi connectivity index (χ4v) is 2.61. The molecule has 2 aromatic carbocycles. The molecule has 0 amide bonds. The van der Waals surface area contributed by atoms with Gasteiger partial charge in [-0.1, -0.05) is 53.0 Å². The Hall–Kier alpha value is -1.02. The van der Waals surface area contributed by atoms with Crippen LogP contribution in [0.5, 0.6) is 0 Å². The maximum absolute atomic E-state index is 10.4. The summed E-state index contributed by atoms with van der Waals surface area (Å²) in [6.45, 7) is 4.02. The van der Waals surface area contributed by atoms with Gasteiger partial charge in [0.05, 0.1) is 6.10 Å². The van der Waals surface area contributed by atoms with Gasteiger partial charge in [0.1, 0.15) is 0 Å². The first-order valence-corrected chi connectivity index (χ1v) is 6.92. The summed E-state index contributed by atoms with van der Waals surface area (Å²) < 4.78 is 0. The van der Waals surface area contributed by atoms with E-state index in [1.807, 2.05) is 38.1 Å². The van der Waals surface area contributed by atoms with Gasteiger partial charge >= 0.3 is 0 Å². The van der Waals surface area contributed by atoms with Crippen LogP contribution in [-0.2, 0) is 6.42 Å². The minimum Gasteiger partial charge on any atom is -0.388 e. The molecule has 2 rings (SSSR count). The number of aliphatic hydroxyl groups is 1. The first kappa shape index (κ1) is 14.4. The molecule has 0 heterocycles. The largest absolute Gasteiger partial charge is 0.388 e. The lowest BCUT2D eigenvalue weighted by atomic mass is 9.96. The molecule has 1 unspecified atom stereocenters. The molecule has 0 aromatic heterocycles. The Bertz CT molecular complexity index is 593. The smallest absolute Gasteiger partial charge is 0.0833 e. The Kier molecular flexibility index (Phi) is 4.51. The van der Waals surface area contributed by atoms with Gasteiger partial charge in [-0.05, 0) is 42.7 Å². The molecule has 3 heteroatoms. The number of aliphatic hydroxyl groups excluding tert-OH is 1. The zero-order valence-electron chi connectivity index (χ0n) is 11.0. The van der Waals surface area contributed by atoms with Gasteiger partial charge < -0.3 is 5.11 Å². The van der Waals surface area contributed by atoms with Crippen LogP contribution in [0.3, 0.4) is 0 Å². The molecule has 19 heavy (non-hydrogen) atoms. The molecular weight excluding hydrogens is 279 g/mol. The van der Waals surface area contributed by atoms with Crippen molar-refractivity contribution in [3.05, 3.63) is 68.7 Å². The number of rotatable bonds is 3. The summed E-state index contributed by atoms with van der Waals surface area (Å²) in [4.78, 5) is 0. The Balaban J connectivity index is 2.25. The van der Waals surface area contributed by atoms with Gasteiger partial charge in [0, 0.05) is 16.5 Å². The third-order valence-corrected chi connectivity index (χ3v) is 3.81. The van der Waals surface area contributed by atoms with E-state index >= 15 is 0 Å². The highest BCUT2D eigenvalue weighted by molar-refractivity contribution is 6.35. The van der Waals surface area contributed by atoms with E-state index in [2.05, 4.69) is 0 Å². The summed E-state index contributed by atoms with van der Waals surface area (Å²) in [6, 6.07) is 11.4. The lowest BCUT2D eigenvalue weighted by Crippen LogP contribution is -2.04. The molecule has 0 aliphatic rings. The normalized spacial score (nSPS) is 12.5. The molecular formula is C16H16Cl2O. The van der Waals surface area contributed by atoms with Crippen molar-refractivity contribution in [1.29, 1.82) is 0 Å². The fraction of sp³-hybridized carbons (Fsp3) is 0.250. The van der Waals surface area contributed by atoms with E-state index in [1.54, 1.807) is 12.1 Å². The lowest BCUT2D eigenvalue weighted by Gasteiger charge is -2.15. The molecule has 1 N–H and O–H groups in total. The van der Waals surface area contributed by atoms with Gasteiger partial charge in [-0.15, -0.1) is 0 Å². The molecule has 0 bridgehead atoms. The second kappa shape index (κ2) is 5.96. The minimum atomic E-state index is -0.557. The summed E-state index contributed by atoms with van der Waals surface area (Å²) in [5, 5.41) is 11.6. The van der Waals surface area contributed by atoms with Crippen LogP contribution >= 0.6 is 23.2 Å². The highest BCUT2D eigenvalue weighted by Crippen LogP contribution is 2.27. The summed E-state index contributed by atoms with van der Waals surface area (Å²) in [6.07, 6.45) is -0.0705. The van der Waals surface area contributed by atoms with Crippen molar-refractivity contribution in [1.82, 2.24) is 0 Å². The number of hydrogen-bond acceptors (Lipinski definition) is 1. The molecule has 0 aliphatic carbocycles. The molecule has 0 radical (unpaired) electrons. The molecule has 2 aromatic rings. The standard InChI is InChI=1S/C16H16Cl2O/c1-10-3-4-11(2)14(7-10)16(19)8-12-5-6-13(17)9-15(12)18/h3-7,9,16,19H,8H2,1-2H3. The average molecular weight is 295 g/mol. The quantitative estimate of drug-likeness (QED) is 0.855. The van der Waals surface area contributed by atoms with E-state index in [0.29, 0.717) is 16.5 Å². The first-order valence-electron chi connectivity index (χ1n) is 6.16. The van der Waals surface area contributed by atoms with Crippen LogP contribution in [0.25, 0.3) is 0 Å². The van der Waals surface area contributed by atoms with E-state index in [1.165, 1.54) is 0 Å². The highest BCUT2D eigenvalue weighted by Gasteiger charge is 2.13. The molecule has 1 nitrogen and oxygen atoms in total.